The number of phenols is 1. The summed E-state index contributed by atoms with van der Waals surface area (Å²) in [5.74, 6) is -0.584. The van der Waals surface area contributed by atoms with Gasteiger partial charge in [-0.15, -0.1) is 6.58 Å². The zero-order valence-corrected chi connectivity index (χ0v) is 11.5. The molecule has 0 aromatic heterocycles. The number of piperazine rings is 1. The molecule has 1 aliphatic heterocycles. The Hall–Kier alpha value is -1.10. The van der Waals surface area contributed by atoms with Crippen LogP contribution in [-0.2, 0) is 0 Å². The van der Waals surface area contributed by atoms with Gasteiger partial charge in [-0.3, -0.25) is 4.90 Å². The summed E-state index contributed by atoms with van der Waals surface area (Å²) in [6.07, 6.45) is 2.32. The summed E-state index contributed by atoms with van der Waals surface area (Å²) in [7, 11) is 0. The first-order valence-electron chi connectivity index (χ1n) is 6.37. The molecule has 3 nitrogen and oxygen atoms in total. The maximum Gasteiger partial charge on any atom is 0.141 e. The number of hydrogen-bond donors (Lipinski definition) is 2. The first-order valence-corrected chi connectivity index (χ1v) is 6.75. The van der Waals surface area contributed by atoms with Crippen molar-refractivity contribution >= 4 is 11.6 Å². The third kappa shape index (κ3) is 3.08. The van der Waals surface area contributed by atoms with Gasteiger partial charge in [0.2, 0.25) is 0 Å². The molecule has 1 aliphatic rings. The Balaban J connectivity index is 2.37. The lowest BCUT2D eigenvalue weighted by Crippen LogP contribution is -2.45. The Morgan fingerprint density at radius 1 is 1.47 bits per heavy atom. The molecule has 1 atom stereocenters. The lowest BCUT2D eigenvalue weighted by molar-refractivity contribution is 0.168. The van der Waals surface area contributed by atoms with Crippen molar-refractivity contribution in [2.24, 2.45) is 0 Å². The topological polar surface area (TPSA) is 35.5 Å². The minimum atomic E-state index is -0.424. The fraction of sp³-hybridized carbons (Fsp3) is 0.429. The van der Waals surface area contributed by atoms with E-state index in [2.05, 4.69) is 16.8 Å². The molecule has 0 saturated carbocycles. The summed E-state index contributed by atoms with van der Waals surface area (Å²) in [6, 6.07) is 2.45. The van der Waals surface area contributed by atoms with Crippen molar-refractivity contribution < 1.29 is 9.50 Å². The van der Waals surface area contributed by atoms with Crippen molar-refractivity contribution in [3.63, 3.8) is 0 Å². The minimum absolute atomic E-state index is 0.160. The molecule has 1 heterocycles. The highest BCUT2D eigenvalue weighted by Gasteiger charge is 2.27. The van der Waals surface area contributed by atoms with E-state index < -0.39 is 5.82 Å². The van der Waals surface area contributed by atoms with Gasteiger partial charge in [-0.25, -0.2) is 4.39 Å². The molecule has 2 rings (SSSR count). The van der Waals surface area contributed by atoms with Crippen molar-refractivity contribution in [3.05, 3.63) is 41.2 Å². The zero-order valence-electron chi connectivity index (χ0n) is 10.7. The second-order valence-corrected chi connectivity index (χ2v) is 5.02. The van der Waals surface area contributed by atoms with E-state index in [1.165, 1.54) is 12.1 Å². The average Bonchev–Trinajstić information content (AvgIpc) is 2.43. The fourth-order valence-corrected chi connectivity index (χ4v) is 2.64. The highest BCUT2D eigenvalue weighted by Crippen LogP contribution is 2.38. The van der Waals surface area contributed by atoms with Gasteiger partial charge >= 0.3 is 0 Å². The molecular formula is C14H18ClFN2O. The van der Waals surface area contributed by atoms with Gasteiger partial charge in [0.25, 0.3) is 0 Å². The van der Waals surface area contributed by atoms with Crippen LogP contribution in [0.25, 0.3) is 0 Å². The van der Waals surface area contributed by atoms with Crippen molar-refractivity contribution in [1.29, 1.82) is 0 Å². The largest absolute Gasteiger partial charge is 0.506 e. The maximum absolute atomic E-state index is 14.1. The SMILES string of the molecule is C=CC[C@@H](c1c(F)ccc(Cl)c1O)N1CCNCC1. The van der Waals surface area contributed by atoms with Gasteiger partial charge in [-0.2, -0.15) is 0 Å². The number of benzene rings is 1. The summed E-state index contributed by atoms with van der Waals surface area (Å²) >= 11 is 5.90. The Labute approximate surface area is 117 Å². The van der Waals surface area contributed by atoms with E-state index >= 15 is 0 Å². The number of rotatable bonds is 4. The number of nitrogens with zero attached hydrogens (tertiary/aromatic N) is 1. The van der Waals surface area contributed by atoms with E-state index in [4.69, 9.17) is 11.6 Å². The van der Waals surface area contributed by atoms with Crippen LogP contribution in [-0.4, -0.2) is 36.2 Å². The maximum atomic E-state index is 14.1. The molecule has 5 heteroatoms. The molecule has 1 fully saturated rings. The van der Waals surface area contributed by atoms with Gasteiger partial charge in [-0.05, 0) is 18.6 Å². The van der Waals surface area contributed by atoms with E-state index in [-0.39, 0.29) is 22.4 Å². The smallest absolute Gasteiger partial charge is 0.141 e. The average molecular weight is 285 g/mol. The van der Waals surface area contributed by atoms with Crippen molar-refractivity contribution in [2.45, 2.75) is 12.5 Å². The molecule has 0 amide bonds. The first kappa shape index (κ1) is 14.3. The van der Waals surface area contributed by atoms with Crippen LogP contribution < -0.4 is 5.32 Å². The van der Waals surface area contributed by atoms with Crippen LogP contribution in [0, 0.1) is 5.82 Å². The van der Waals surface area contributed by atoms with Gasteiger partial charge in [0.15, 0.2) is 0 Å². The van der Waals surface area contributed by atoms with Crippen LogP contribution in [0.15, 0.2) is 24.8 Å². The molecule has 1 saturated heterocycles. The van der Waals surface area contributed by atoms with Crippen LogP contribution in [0.3, 0.4) is 0 Å². The summed E-state index contributed by atoms with van der Waals surface area (Å²) in [4.78, 5) is 2.15. The molecular weight excluding hydrogens is 267 g/mol. The molecule has 0 aliphatic carbocycles. The summed E-state index contributed by atoms with van der Waals surface area (Å²) in [6.45, 7) is 7.06. The van der Waals surface area contributed by atoms with Crippen LogP contribution in [0.4, 0.5) is 4.39 Å². The number of aromatic hydroxyl groups is 1. The molecule has 19 heavy (non-hydrogen) atoms. The summed E-state index contributed by atoms with van der Waals surface area (Å²) < 4.78 is 14.1. The lowest BCUT2D eigenvalue weighted by atomic mass is 9.99. The zero-order chi connectivity index (χ0) is 13.8. The molecule has 2 N–H and O–H groups in total. The Morgan fingerprint density at radius 2 is 2.16 bits per heavy atom. The van der Waals surface area contributed by atoms with Gasteiger partial charge in [-0.1, -0.05) is 17.7 Å². The van der Waals surface area contributed by atoms with E-state index in [0.717, 1.165) is 26.2 Å². The molecule has 0 bridgehead atoms. The number of halogens is 2. The predicted molar refractivity (Wildman–Crippen MR) is 75.1 cm³/mol. The van der Waals surface area contributed by atoms with E-state index in [9.17, 15) is 9.50 Å². The lowest BCUT2D eigenvalue weighted by Gasteiger charge is -2.35. The van der Waals surface area contributed by atoms with Crippen molar-refractivity contribution in [3.8, 4) is 5.75 Å². The number of hydrogen-bond acceptors (Lipinski definition) is 3. The molecule has 1 aromatic rings. The van der Waals surface area contributed by atoms with E-state index in [1.807, 2.05) is 0 Å². The minimum Gasteiger partial charge on any atom is -0.506 e. The van der Waals surface area contributed by atoms with Crippen LogP contribution in [0.2, 0.25) is 5.02 Å². The normalized spacial score (nSPS) is 18.2. The monoisotopic (exact) mass is 284 g/mol. The molecule has 0 radical (unpaired) electrons. The Morgan fingerprint density at radius 3 is 2.79 bits per heavy atom. The van der Waals surface area contributed by atoms with Crippen LogP contribution >= 0.6 is 11.6 Å². The molecule has 0 unspecified atom stereocenters. The van der Waals surface area contributed by atoms with Crippen LogP contribution in [0.1, 0.15) is 18.0 Å². The fourth-order valence-electron chi connectivity index (χ4n) is 2.47. The highest BCUT2D eigenvalue weighted by molar-refractivity contribution is 6.32. The third-order valence-corrected chi connectivity index (χ3v) is 3.74. The second-order valence-electron chi connectivity index (χ2n) is 4.62. The van der Waals surface area contributed by atoms with Gasteiger partial charge in [0, 0.05) is 37.8 Å². The number of nitrogens with one attached hydrogen (secondary N) is 1. The molecule has 104 valence electrons. The van der Waals surface area contributed by atoms with Crippen LogP contribution in [0.5, 0.6) is 5.75 Å². The Bertz CT molecular complexity index is 461. The van der Waals surface area contributed by atoms with Gasteiger partial charge < -0.3 is 10.4 Å². The number of phenolic OH excluding ortho intramolecular Hbond substituents is 1. The quantitative estimate of drug-likeness (QED) is 0.835. The Kier molecular flexibility index (Phi) is 4.80. The molecule has 1 aromatic carbocycles. The van der Waals surface area contributed by atoms with Gasteiger partial charge in [0.1, 0.15) is 11.6 Å². The van der Waals surface area contributed by atoms with Gasteiger partial charge in [0.05, 0.1) is 5.02 Å². The third-order valence-electron chi connectivity index (χ3n) is 3.43. The van der Waals surface area contributed by atoms with E-state index in [1.54, 1.807) is 6.08 Å². The standard InChI is InChI=1S/C14H18ClFN2O/c1-2-3-12(18-8-6-17-7-9-18)13-11(16)5-4-10(15)14(13)19/h2,4-5,12,17,19H,1,3,6-9H2/t12-/m0/s1. The molecule has 0 spiro atoms. The second kappa shape index (κ2) is 6.37. The summed E-state index contributed by atoms with van der Waals surface area (Å²) in [5, 5.41) is 13.5. The van der Waals surface area contributed by atoms with E-state index in [0.29, 0.717) is 6.42 Å². The van der Waals surface area contributed by atoms with Crippen molar-refractivity contribution in [2.75, 3.05) is 26.2 Å². The highest BCUT2D eigenvalue weighted by atomic mass is 35.5. The predicted octanol–water partition coefficient (Wildman–Crippen LogP) is 2.71. The first-order chi connectivity index (χ1) is 9.15. The summed E-state index contributed by atoms with van der Waals surface area (Å²) in [5.41, 5.74) is 0.273. The van der Waals surface area contributed by atoms with Crippen molar-refractivity contribution in [1.82, 2.24) is 10.2 Å².